The number of aromatic amines is 1. The van der Waals surface area contributed by atoms with Crippen LogP contribution in [0.3, 0.4) is 0 Å². The first-order chi connectivity index (χ1) is 15.8. The first kappa shape index (κ1) is 22.6. The van der Waals surface area contributed by atoms with Gasteiger partial charge in [-0.15, -0.1) is 0 Å². The smallest absolute Gasteiger partial charge is 0.280 e. The van der Waals surface area contributed by atoms with E-state index in [2.05, 4.69) is 9.71 Å². The molecule has 0 aliphatic rings. The van der Waals surface area contributed by atoms with Gasteiger partial charge in [-0.3, -0.25) is 14.3 Å². The summed E-state index contributed by atoms with van der Waals surface area (Å²) in [5.41, 5.74) is 0.999. The molecule has 1 unspecified atom stereocenters. The molecule has 0 bridgehead atoms. The van der Waals surface area contributed by atoms with Crippen molar-refractivity contribution in [2.75, 3.05) is 6.26 Å². The molecule has 0 spiro atoms. The summed E-state index contributed by atoms with van der Waals surface area (Å²) in [5, 5.41) is 0.466. The van der Waals surface area contributed by atoms with Crippen molar-refractivity contribution in [1.29, 1.82) is 0 Å². The quantitative estimate of drug-likeness (QED) is 0.449. The van der Waals surface area contributed by atoms with E-state index in [1.807, 2.05) is 0 Å². The van der Waals surface area contributed by atoms with Crippen LogP contribution in [-0.2, 0) is 24.0 Å². The number of halogens is 2. The SMILES string of the molecule is CCc1cc2c(-c3ccc[nH]c3=O)c(C(=O)NS(C)=O)n(Cc3ccccc3F)c2cc1F. The molecule has 4 rings (SSSR count). The van der Waals surface area contributed by atoms with Crippen LogP contribution in [0.4, 0.5) is 8.78 Å². The van der Waals surface area contributed by atoms with Crippen molar-refractivity contribution in [3.8, 4) is 11.1 Å². The lowest BCUT2D eigenvalue weighted by Crippen LogP contribution is -2.28. The van der Waals surface area contributed by atoms with Gasteiger partial charge < -0.3 is 9.55 Å². The third-order valence-corrected chi connectivity index (χ3v) is 5.91. The van der Waals surface area contributed by atoms with Gasteiger partial charge in [0.25, 0.3) is 11.5 Å². The van der Waals surface area contributed by atoms with Crippen LogP contribution in [0.1, 0.15) is 28.5 Å². The van der Waals surface area contributed by atoms with Gasteiger partial charge in [0, 0.05) is 34.5 Å². The van der Waals surface area contributed by atoms with Crippen LogP contribution >= 0.6 is 0 Å². The number of nitrogens with zero attached hydrogens (tertiary/aromatic N) is 1. The highest BCUT2D eigenvalue weighted by atomic mass is 32.2. The average Bonchev–Trinajstić information content (AvgIpc) is 3.07. The molecule has 4 aromatic rings. The molecule has 0 saturated heterocycles. The number of carbonyl (C=O) groups excluding carboxylic acids is 1. The molecule has 9 heteroatoms. The lowest BCUT2D eigenvalue weighted by molar-refractivity contribution is 0.0975. The van der Waals surface area contributed by atoms with Gasteiger partial charge in [-0.1, -0.05) is 25.1 Å². The molecular formula is C24H21F2N3O3S. The van der Waals surface area contributed by atoms with Gasteiger partial charge in [0.15, 0.2) is 0 Å². The fraction of sp³-hybridized carbons (Fsp3) is 0.167. The zero-order valence-corrected chi connectivity index (χ0v) is 18.8. The number of aromatic nitrogens is 2. The van der Waals surface area contributed by atoms with Crippen molar-refractivity contribution in [2.24, 2.45) is 0 Å². The van der Waals surface area contributed by atoms with Crippen LogP contribution in [0, 0.1) is 11.6 Å². The molecule has 0 fully saturated rings. The summed E-state index contributed by atoms with van der Waals surface area (Å²) in [6, 6.07) is 12.1. The number of hydrogen-bond donors (Lipinski definition) is 2. The number of H-pyrrole nitrogens is 1. The maximum Gasteiger partial charge on any atom is 0.280 e. The maximum atomic E-state index is 14.8. The van der Waals surface area contributed by atoms with Crippen molar-refractivity contribution in [1.82, 2.24) is 14.3 Å². The van der Waals surface area contributed by atoms with Gasteiger partial charge in [0.1, 0.15) is 28.3 Å². The number of hydrogen-bond acceptors (Lipinski definition) is 3. The molecule has 1 amide bonds. The maximum absolute atomic E-state index is 14.8. The number of aryl methyl sites for hydroxylation is 1. The van der Waals surface area contributed by atoms with Gasteiger partial charge in [-0.05, 0) is 42.3 Å². The molecular weight excluding hydrogens is 448 g/mol. The topological polar surface area (TPSA) is 84.0 Å². The number of carbonyl (C=O) groups is 1. The Morgan fingerprint density at radius 3 is 2.52 bits per heavy atom. The predicted molar refractivity (Wildman–Crippen MR) is 124 cm³/mol. The zero-order chi connectivity index (χ0) is 23.7. The molecule has 170 valence electrons. The molecule has 6 nitrogen and oxygen atoms in total. The lowest BCUT2D eigenvalue weighted by atomic mass is 10.0. The van der Waals surface area contributed by atoms with Crippen LogP contribution in [0.15, 0.2) is 59.5 Å². The minimum atomic E-state index is -1.70. The summed E-state index contributed by atoms with van der Waals surface area (Å²) in [4.78, 5) is 28.5. The first-order valence-electron chi connectivity index (χ1n) is 10.2. The number of benzene rings is 2. The summed E-state index contributed by atoms with van der Waals surface area (Å²) >= 11 is 0. The van der Waals surface area contributed by atoms with E-state index in [-0.39, 0.29) is 28.9 Å². The minimum Gasteiger partial charge on any atom is -0.331 e. The Bertz CT molecular complexity index is 1460. The highest BCUT2D eigenvalue weighted by molar-refractivity contribution is 7.82. The van der Waals surface area contributed by atoms with Crippen LogP contribution in [0.25, 0.3) is 22.0 Å². The van der Waals surface area contributed by atoms with Crippen molar-refractivity contribution in [3.63, 3.8) is 0 Å². The van der Waals surface area contributed by atoms with Crippen molar-refractivity contribution in [2.45, 2.75) is 19.9 Å². The molecule has 33 heavy (non-hydrogen) atoms. The second-order valence-corrected chi connectivity index (χ2v) is 8.63. The van der Waals surface area contributed by atoms with E-state index in [0.29, 0.717) is 22.9 Å². The van der Waals surface area contributed by atoms with Crippen molar-refractivity contribution < 1.29 is 17.8 Å². The van der Waals surface area contributed by atoms with Crippen molar-refractivity contribution in [3.05, 3.63) is 93.5 Å². The lowest BCUT2D eigenvalue weighted by Gasteiger charge is -2.13. The Labute approximate surface area is 190 Å². The molecule has 2 heterocycles. The van der Waals surface area contributed by atoms with E-state index in [1.54, 1.807) is 43.3 Å². The van der Waals surface area contributed by atoms with E-state index >= 15 is 0 Å². The number of rotatable bonds is 6. The fourth-order valence-corrected chi connectivity index (χ4v) is 4.31. The minimum absolute atomic E-state index is 0.00666. The molecule has 0 radical (unpaired) electrons. The van der Waals surface area contributed by atoms with E-state index < -0.39 is 34.1 Å². The molecule has 2 N–H and O–H groups in total. The summed E-state index contributed by atoms with van der Waals surface area (Å²) in [7, 11) is -1.70. The van der Waals surface area contributed by atoms with E-state index in [0.717, 1.165) is 0 Å². The Balaban J connectivity index is 2.14. The standard InChI is InChI=1S/C24H21F2N3O3S/c1-3-14-11-17-20(12-19(14)26)29(13-15-7-4-5-9-18(15)25)22(24(31)28-33(2)32)21(17)16-8-6-10-27-23(16)30/h4-12H,3,13H2,1-2H3,(H,27,30)(H,28,31). The Morgan fingerprint density at radius 1 is 1.09 bits per heavy atom. The molecule has 2 aromatic carbocycles. The number of pyridine rings is 1. The normalized spacial score (nSPS) is 12.1. The highest BCUT2D eigenvalue weighted by Gasteiger charge is 2.27. The summed E-state index contributed by atoms with van der Waals surface area (Å²) < 4.78 is 45.0. The van der Waals surface area contributed by atoms with Gasteiger partial charge in [-0.25, -0.2) is 13.0 Å². The third kappa shape index (κ3) is 4.23. The molecule has 0 aliphatic carbocycles. The average molecular weight is 470 g/mol. The zero-order valence-electron chi connectivity index (χ0n) is 17.9. The van der Waals surface area contributed by atoms with E-state index in [1.165, 1.54) is 29.2 Å². The second kappa shape index (κ2) is 9.11. The Morgan fingerprint density at radius 2 is 1.85 bits per heavy atom. The van der Waals surface area contributed by atoms with Gasteiger partial charge >= 0.3 is 0 Å². The van der Waals surface area contributed by atoms with Gasteiger partial charge in [0.2, 0.25) is 0 Å². The molecule has 2 aromatic heterocycles. The second-order valence-electron chi connectivity index (χ2n) is 7.51. The summed E-state index contributed by atoms with van der Waals surface area (Å²) in [6.45, 7) is 1.70. The summed E-state index contributed by atoms with van der Waals surface area (Å²) in [6.07, 6.45) is 3.15. The fourth-order valence-electron chi connectivity index (χ4n) is 3.95. The monoisotopic (exact) mass is 469 g/mol. The van der Waals surface area contributed by atoms with E-state index in [9.17, 15) is 22.6 Å². The number of fused-ring (bicyclic) bond motifs is 1. The molecule has 0 aliphatic heterocycles. The third-order valence-electron chi connectivity index (χ3n) is 5.44. The van der Waals surface area contributed by atoms with Gasteiger partial charge in [0.05, 0.1) is 12.1 Å². The predicted octanol–water partition coefficient (Wildman–Crippen LogP) is 3.91. The Hall–Kier alpha value is -3.59. The molecule has 0 saturated carbocycles. The van der Waals surface area contributed by atoms with Crippen LogP contribution in [-0.4, -0.2) is 25.9 Å². The highest BCUT2D eigenvalue weighted by Crippen LogP contribution is 2.36. The van der Waals surface area contributed by atoms with Crippen LogP contribution in [0.5, 0.6) is 0 Å². The first-order valence-corrected chi connectivity index (χ1v) is 11.8. The van der Waals surface area contributed by atoms with Gasteiger partial charge in [-0.2, -0.15) is 0 Å². The van der Waals surface area contributed by atoms with E-state index in [4.69, 9.17) is 0 Å². The van der Waals surface area contributed by atoms with Crippen LogP contribution in [0.2, 0.25) is 0 Å². The Kier molecular flexibility index (Phi) is 6.24. The largest absolute Gasteiger partial charge is 0.331 e. The number of nitrogens with one attached hydrogen (secondary N) is 2. The van der Waals surface area contributed by atoms with Crippen molar-refractivity contribution >= 4 is 27.8 Å². The molecule has 1 atom stereocenters. The summed E-state index contributed by atoms with van der Waals surface area (Å²) in [5.74, 6) is -1.69. The van der Waals surface area contributed by atoms with Crippen LogP contribution < -0.4 is 10.3 Å². The number of amides is 1.